The lowest BCUT2D eigenvalue weighted by atomic mass is 10.1. The predicted molar refractivity (Wildman–Crippen MR) is 82.4 cm³/mol. The summed E-state index contributed by atoms with van der Waals surface area (Å²) < 4.78 is 11.1. The molecular weight excluding hydrogens is 266 g/mol. The summed E-state index contributed by atoms with van der Waals surface area (Å²) in [4.78, 5) is 0. The van der Waals surface area contributed by atoms with Crippen LogP contribution in [0, 0.1) is 13.8 Å². The van der Waals surface area contributed by atoms with Gasteiger partial charge in [0.25, 0.3) is 0 Å². The Morgan fingerprint density at radius 2 is 2.05 bits per heavy atom. The van der Waals surface area contributed by atoms with Crippen LogP contribution in [0.2, 0.25) is 0 Å². The van der Waals surface area contributed by atoms with Gasteiger partial charge >= 0.3 is 0 Å². The molecule has 2 N–H and O–H groups in total. The lowest BCUT2D eigenvalue weighted by Gasteiger charge is -2.18. The van der Waals surface area contributed by atoms with Gasteiger partial charge < -0.3 is 19.9 Å². The van der Waals surface area contributed by atoms with Crippen molar-refractivity contribution in [2.24, 2.45) is 0 Å². The highest BCUT2D eigenvalue weighted by Crippen LogP contribution is 2.38. The fraction of sp³-hybridized carbons (Fsp3) is 0.294. The predicted octanol–water partition coefficient (Wildman–Crippen LogP) is 3.56. The first-order valence-corrected chi connectivity index (χ1v) is 6.96. The molecule has 0 bridgehead atoms. The topological polar surface area (TPSA) is 50.7 Å². The van der Waals surface area contributed by atoms with Gasteiger partial charge in [0.05, 0.1) is 13.2 Å². The average Bonchev–Trinajstić information content (AvgIpc) is 2.85. The Kier molecular flexibility index (Phi) is 3.37. The number of ether oxygens (including phenoxy) is 2. The molecule has 1 aliphatic rings. The minimum atomic E-state index is 0.0757. The van der Waals surface area contributed by atoms with Gasteiger partial charge in [0, 0.05) is 22.9 Å². The van der Waals surface area contributed by atoms with Gasteiger partial charge in [-0.25, -0.2) is 0 Å². The Morgan fingerprint density at radius 3 is 2.81 bits per heavy atom. The fourth-order valence-corrected chi connectivity index (χ4v) is 2.80. The first-order valence-electron chi connectivity index (χ1n) is 6.96. The van der Waals surface area contributed by atoms with Gasteiger partial charge in [-0.1, -0.05) is 6.07 Å². The number of benzene rings is 2. The first kappa shape index (κ1) is 13.6. The SMILES string of the molecule is COc1c(C)ccc(NC2COc3cc(O)ccc32)c1C. The second-order valence-electron chi connectivity index (χ2n) is 5.32. The van der Waals surface area contributed by atoms with Crippen molar-refractivity contribution < 1.29 is 14.6 Å². The molecule has 1 aliphatic heterocycles. The number of aryl methyl sites for hydroxylation is 1. The number of hydrogen-bond acceptors (Lipinski definition) is 4. The third kappa shape index (κ3) is 2.37. The van der Waals surface area contributed by atoms with Gasteiger partial charge in [-0.05, 0) is 37.6 Å². The monoisotopic (exact) mass is 285 g/mol. The maximum atomic E-state index is 9.50. The van der Waals surface area contributed by atoms with Crippen LogP contribution in [0.15, 0.2) is 30.3 Å². The van der Waals surface area contributed by atoms with E-state index in [0.29, 0.717) is 6.61 Å². The minimum Gasteiger partial charge on any atom is -0.508 e. The minimum absolute atomic E-state index is 0.0757. The van der Waals surface area contributed by atoms with Crippen LogP contribution < -0.4 is 14.8 Å². The van der Waals surface area contributed by atoms with Crippen molar-refractivity contribution in [2.75, 3.05) is 19.0 Å². The molecule has 1 atom stereocenters. The molecular formula is C17H19NO3. The highest BCUT2D eigenvalue weighted by atomic mass is 16.5. The van der Waals surface area contributed by atoms with Crippen LogP contribution in [0.3, 0.4) is 0 Å². The molecule has 0 saturated heterocycles. The molecule has 4 nitrogen and oxygen atoms in total. The lowest BCUT2D eigenvalue weighted by molar-refractivity contribution is 0.338. The van der Waals surface area contributed by atoms with E-state index in [4.69, 9.17) is 9.47 Å². The van der Waals surface area contributed by atoms with E-state index in [-0.39, 0.29) is 11.8 Å². The second-order valence-corrected chi connectivity index (χ2v) is 5.32. The highest BCUT2D eigenvalue weighted by molar-refractivity contribution is 5.61. The maximum absolute atomic E-state index is 9.50. The third-order valence-corrected chi connectivity index (χ3v) is 3.91. The summed E-state index contributed by atoms with van der Waals surface area (Å²) in [7, 11) is 1.69. The molecule has 2 aromatic carbocycles. The van der Waals surface area contributed by atoms with E-state index in [1.54, 1.807) is 19.2 Å². The molecule has 110 valence electrons. The Balaban J connectivity index is 1.90. The molecule has 1 unspecified atom stereocenters. The van der Waals surface area contributed by atoms with Crippen LogP contribution in [0.25, 0.3) is 0 Å². The van der Waals surface area contributed by atoms with Crippen LogP contribution >= 0.6 is 0 Å². The molecule has 3 rings (SSSR count). The molecule has 1 heterocycles. The average molecular weight is 285 g/mol. The summed E-state index contributed by atoms with van der Waals surface area (Å²) in [6.45, 7) is 4.63. The van der Waals surface area contributed by atoms with Gasteiger partial charge in [-0.3, -0.25) is 0 Å². The normalized spacial score (nSPS) is 16.2. The first-order chi connectivity index (χ1) is 10.1. The summed E-state index contributed by atoms with van der Waals surface area (Å²) in [5.74, 6) is 1.87. The van der Waals surface area contributed by atoms with Crippen molar-refractivity contribution in [2.45, 2.75) is 19.9 Å². The summed E-state index contributed by atoms with van der Waals surface area (Å²) >= 11 is 0. The van der Waals surface area contributed by atoms with Crippen molar-refractivity contribution in [3.63, 3.8) is 0 Å². The Morgan fingerprint density at radius 1 is 1.24 bits per heavy atom. The van der Waals surface area contributed by atoms with Crippen LogP contribution in [-0.2, 0) is 0 Å². The number of fused-ring (bicyclic) bond motifs is 1. The summed E-state index contributed by atoms with van der Waals surface area (Å²) in [6.07, 6.45) is 0. The van der Waals surface area contributed by atoms with E-state index < -0.39 is 0 Å². The van der Waals surface area contributed by atoms with Crippen molar-refractivity contribution in [1.82, 2.24) is 0 Å². The van der Waals surface area contributed by atoms with Gasteiger partial charge in [-0.2, -0.15) is 0 Å². The Hall–Kier alpha value is -2.36. The van der Waals surface area contributed by atoms with Gasteiger partial charge in [0.2, 0.25) is 0 Å². The molecule has 21 heavy (non-hydrogen) atoms. The largest absolute Gasteiger partial charge is 0.508 e. The summed E-state index contributed by atoms with van der Waals surface area (Å²) in [5.41, 5.74) is 4.30. The molecule has 0 aliphatic carbocycles. The van der Waals surface area contributed by atoms with Crippen molar-refractivity contribution in [3.8, 4) is 17.2 Å². The van der Waals surface area contributed by atoms with E-state index in [1.165, 1.54) is 0 Å². The standard InChI is InChI=1S/C17H19NO3/c1-10-4-7-14(11(2)17(10)20-3)18-15-9-21-16-8-12(19)5-6-13(15)16/h4-8,15,18-19H,9H2,1-3H3. The van der Waals surface area contributed by atoms with Crippen molar-refractivity contribution in [3.05, 3.63) is 47.0 Å². The molecule has 0 aromatic heterocycles. The van der Waals surface area contributed by atoms with Gasteiger partial charge in [0.15, 0.2) is 0 Å². The number of phenols is 1. The zero-order valence-electron chi connectivity index (χ0n) is 12.4. The zero-order chi connectivity index (χ0) is 15.0. The van der Waals surface area contributed by atoms with Crippen LogP contribution in [0.5, 0.6) is 17.2 Å². The number of phenolic OH excluding ortho intramolecular Hbond substituents is 1. The van der Waals surface area contributed by atoms with Crippen LogP contribution in [0.1, 0.15) is 22.7 Å². The number of methoxy groups -OCH3 is 1. The van der Waals surface area contributed by atoms with Crippen molar-refractivity contribution in [1.29, 1.82) is 0 Å². The number of anilines is 1. The number of nitrogens with one attached hydrogen (secondary N) is 1. The number of rotatable bonds is 3. The molecule has 0 spiro atoms. The van der Waals surface area contributed by atoms with Crippen molar-refractivity contribution >= 4 is 5.69 Å². The molecule has 2 aromatic rings. The Labute approximate surface area is 124 Å². The number of aromatic hydroxyl groups is 1. The molecule has 0 amide bonds. The summed E-state index contributed by atoms with van der Waals surface area (Å²) in [5, 5.41) is 13.0. The van der Waals surface area contributed by atoms with E-state index in [0.717, 1.165) is 33.9 Å². The smallest absolute Gasteiger partial charge is 0.128 e. The Bertz CT molecular complexity index is 682. The lowest BCUT2D eigenvalue weighted by Crippen LogP contribution is -2.13. The van der Waals surface area contributed by atoms with Gasteiger partial charge in [-0.15, -0.1) is 0 Å². The van der Waals surface area contributed by atoms with Crippen LogP contribution in [0.4, 0.5) is 5.69 Å². The van der Waals surface area contributed by atoms with E-state index in [2.05, 4.69) is 11.4 Å². The fourth-order valence-electron chi connectivity index (χ4n) is 2.80. The maximum Gasteiger partial charge on any atom is 0.128 e. The van der Waals surface area contributed by atoms with E-state index >= 15 is 0 Å². The highest BCUT2D eigenvalue weighted by Gasteiger charge is 2.25. The zero-order valence-corrected chi connectivity index (χ0v) is 12.4. The molecule has 4 heteroatoms. The van der Waals surface area contributed by atoms with E-state index in [9.17, 15) is 5.11 Å². The molecule has 0 saturated carbocycles. The molecule has 0 fully saturated rings. The summed E-state index contributed by atoms with van der Waals surface area (Å²) in [6, 6.07) is 9.42. The quantitative estimate of drug-likeness (QED) is 0.905. The van der Waals surface area contributed by atoms with Gasteiger partial charge in [0.1, 0.15) is 23.9 Å². The van der Waals surface area contributed by atoms with Crippen LogP contribution in [-0.4, -0.2) is 18.8 Å². The molecule has 0 radical (unpaired) electrons. The second kappa shape index (κ2) is 5.20. The van der Waals surface area contributed by atoms with E-state index in [1.807, 2.05) is 26.0 Å². The third-order valence-electron chi connectivity index (χ3n) is 3.91. The number of hydrogen-bond donors (Lipinski definition) is 2.